The molecular weight excluding hydrogens is 78.0 g/mol. The molecule has 0 atom stereocenters. The second-order valence-electron chi connectivity index (χ2n) is 1.33. The zero-order valence-corrected chi connectivity index (χ0v) is 3.39. The summed E-state index contributed by atoms with van der Waals surface area (Å²) in [5.74, 6) is 0. The highest BCUT2D eigenvalue weighted by Gasteiger charge is 2.09. The van der Waals surface area contributed by atoms with Gasteiger partial charge in [-0.15, -0.1) is 0 Å². The van der Waals surface area contributed by atoms with Gasteiger partial charge >= 0.3 is 0 Å². The van der Waals surface area contributed by atoms with Gasteiger partial charge in [0.05, 0.1) is 5.71 Å². The first-order valence-corrected chi connectivity index (χ1v) is 1.97. The maximum absolute atomic E-state index is 7.94. The van der Waals surface area contributed by atoms with Crippen molar-refractivity contribution in [1.29, 1.82) is 0 Å². The first-order chi connectivity index (χ1) is 2.93. The largest absolute Gasteiger partial charge is 0.411 e. The van der Waals surface area contributed by atoms with Crippen molar-refractivity contribution < 1.29 is 5.21 Å². The van der Waals surface area contributed by atoms with Crippen molar-refractivity contribution in [3.8, 4) is 0 Å². The van der Waals surface area contributed by atoms with Crippen molar-refractivity contribution in [2.24, 2.45) is 5.16 Å². The molecule has 1 N–H and O–H groups in total. The quantitative estimate of drug-likeness (QED) is 0.342. The summed E-state index contributed by atoms with van der Waals surface area (Å²) in [5.41, 5.74) is 0.829. The summed E-state index contributed by atoms with van der Waals surface area (Å²) >= 11 is 0. The normalized spacial score (nSPS) is 27.0. The molecule has 0 unspecified atom stereocenters. The van der Waals surface area contributed by atoms with Crippen LogP contribution in [0.25, 0.3) is 0 Å². The number of hydrogen-bond donors (Lipinski definition) is 1. The number of oxime groups is 1. The van der Waals surface area contributed by atoms with Crippen LogP contribution in [-0.4, -0.2) is 10.9 Å². The van der Waals surface area contributed by atoms with Crippen molar-refractivity contribution in [2.45, 2.75) is 12.8 Å². The molecule has 0 aromatic carbocycles. The van der Waals surface area contributed by atoms with Crippen LogP contribution in [0.1, 0.15) is 12.8 Å². The SMILES string of the molecule is O/N=C1\[CH]CC1. The zero-order valence-electron chi connectivity index (χ0n) is 3.39. The Balaban J connectivity index is 2.34. The molecule has 0 bridgehead atoms. The van der Waals surface area contributed by atoms with Gasteiger partial charge in [-0.3, -0.25) is 0 Å². The summed E-state index contributed by atoms with van der Waals surface area (Å²) in [6.45, 7) is 0. The molecule has 1 aliphatic rings. The van der Waals surface area contributed by atoms with Gasteiger partial charge in [0.2, 0.25) is 0 Å². The molecule has 0 aliphatic heterocycles. The van der Waals surface area contributed by atoms with Crippen LogP contribution in [0.5, 0.6) is 0 Å². The molecule has 6 heavy (non-hydrogen) atoms. The predicted octanol–water partition coefficient (Wildman–Crippen LogP) is 0.815. The van der Waals surface area contributed by atoms with E-state index in [4.69, 9.17) is 5.21 Å². The lowest BCUT2D eigenvalue weighted by molar-refractivity contribution is 0.316. The minimum Gasteiger partial charge on any atom is -0.411 e. The van der Waals surface area contributed by atoms with E-state index in [0.29, 0.717) is 0 Å². The van der Waals surface area contributed by atoms with Crippen LogP contribution in [0.3, 0.4) is 0 Å². The van der Waals surface area contributed by atoms with E-state index < -0.39 is 0 Å². The van der Waals surface area contributed by atoms with Crippen molar-refractivity contribution in [2.75, 3.05) is 0 Å². The second kappa shape index (κ2) is 1.29. The van der Waals surface area contributed by atoms with Gasteiger partial charge in [-0.05, 0) is 12.8 Å². The fourth-order valence-electron chi connectivity index (χ4n) is 0.364. The molecule has 1 radical (unpaired) electrons. The summed E-state index contributed by atoms with van der Waals surface area (Å²) in [6, 6.07) is 0. The molecule has 0 heterocycles. The predicted molar refractivity (Wildman–Crippen MR) is 22.8 cm³/mol. The van der Waals surface area contributed by atoms with Crippen molar-refractivity contribution in [3.63, 3.8) is 0 Å². The molecule has 2 nitrogen and oxygen atoms in total. The third-order valence-electron chi connectivity index (χ3n) is 0.909. The maximum atomic E-state index is 7.94. The van der Waals surface area contributed by atoms with Crippen LogP contribution in [0.4, 0.5) is 0 Å². The van der Waals surface area contributed by atoms with Crippen LogP contribution in [-0.2, 0) is 0 Å². The molecule has 1 fully saturated rings. The van der Waals surface area contributed by atoms with Gasteiger partial charge in [0, 0.05) is 6.42 Å². The van der Waals surface area contributed by atoms with E-state index in [1.54, 1.807) is 0 Å². The summed E-state index contributed by atoms with van der Waals surface area (Å²) in [4.78, 5) is 0. The van der Waals surface area contributed by atoms with Crippen LogP contribution in [0, 0.1) is 6.42 Å². The van der Waals surface area contributed by atoms with Crippen LogP contribution >= 0.6 is 0 Å². The Morgan fingerprint density at radius 2 is 2.50 bits per heavy atom. The van der Waals surface area contributed by atoms with Gasteiger partial charge in [-0.2, -0.15) is 0 Å². The highest BCUT2D eigenvalue weighted by Crippen LogP contribution is 2.11. The second-order valence-corrected chi connectivity index (χ2v) is 1.33. The molecular formula is C4H6NO. The monoisotopic (exact) mass is 84.0 g/mol. The Hall–Kier alpha value is -0.530. The van der Waals surface area contributed by atoms with E-state index in [1.165, 1.54) is 0 Å². The molecule has 1 aliphatic carbocycles. The highest BCUT2D eigenvalue weighted by molar-refractivity contribution is 5.97. The Bertz CT molecular complexity index is 71.6. The van der Waals surface area contributed by atoms with E-state index in [2.05, 4.69) is 5.16 Å². The fourth-order valence-corrected chi connectivity index (χ4v) is 0.364. The van der Waals surface area contributed by atoms with Crippen LogP contribution in [0.2, 0.25) is 0 Å². The Morgan fingerprint density at radius 3 is 2.50 bits per heavy atom. The summed E-state index contributed by atoms with van der Waals surface area (Å²) in [7, 11) is 0. The lowest BCUT2D eigenvalue weighted by Crippen LogP contribution is -2.09. The van der Waals surface area contributed by atoms with Crippen LogP contribution in [0.15, 0.2) is 5.16 Å². The molecule has 2 heteroatoms. The van der Waals surface area contributed by atoms with E-state index in [9.17, 15) is 0 Å². The molecule has 0 spiro atoms. The maximum Gasteiger partial charge on any atom is 0.0608 e. The van der Waals surface area contributed by atoms with E-state index in [-0.39, 0.29) is 0 Å². The third kappa shape index (κ3) is 0.379. The fraction of sp³-hybridized carbons (Fsp3) is 0.500. The molecule has 0 aromatic heterocycles. The first kappa shape index (κ1) is 3.65. The summed E-state index contributed by atoms with van der Waals surface area (Å²) in [6.07, 6.45) is 3.94. The average molecular weight is 84.1 g/mol. The van der Waals surface area contributed by atoms with Gasteiger partial charge in [0.15, 0.2) is 0 Å². The van der Waals surface area contributed by atoms with Crippen molar-refractivity contribution >= 4 is 5.71 Å². The van der Waals surface area contributed by atoms with Crippen molar-refractivity contribution in [1.82, 2.24) is 0 Å². The lowest BCUT2D eigenvalue weighted by atomic mass is 9.98. The number of hydrogen-bond acceptors (Lipinski definition) is 2. The summed E-state index contributed by atoms with van der Waals surface area (Å²) in [5, 5.41) is 10.9. The molecule has 1 rings (SSSR count). The Morgan fingerprint density at radius 1 is 1.83 bits per heavy atom. The van der Waals surface area contributed by atoms with Gasteiger partial charge in [-0.25, -0.2) is 0 Å². The van der Waals surface area contributed by atoms with Crippen molar-refractivity contribution in [3.05, 3.63) is 6.42 Å². The standard InChI is InChI=1S/C4H6NO/c6-5-4-2-1-3-4/h2,6H,1,3H2/b5-4+. The van der Waals surface area contributed by atoms with Gasteiger partial charge in [0.25, 0.3) is 0 Å². The minimum atomic E-state index is 0.829. The average Bonchev–Trinajstić information content (AvgIpc) is 1.31. The first-order valence-electron chi connectivity index (χ1n) is 1.97. The number of rotatable bonds is 0. The highest BCUT2D eigenvalue weighted by atomic mass is 16.4. The Kier molecular flexibility index (Phi) is 0.783. The summed E-state index contributed by atoms with van der Waals surface area (Å²) < 4.78 is 0. The Labute approximate surface area is 36.5 Å². The zero-order chi connectivity index (χ0) is 4.41. The number of nitrogens with zero attached hydrogens (tertiary/aromatic N) is 1. The van der Waals surface area contributed by atoms with Gasteiger partial charge in [0.1, 0.15) is 0 Å². The molecule has 0 aromatic rings. The lowest BCUT2D eigenvalue weighted by Gasteiger charge is -2.09. The van der Waals surface area contributed by atoms with E-state index in [0.717, 1.165) is 18.6 Å². The molecule has 0 saturated heterocycles. The topological polar surface area (TPSA) is 32.6 Å². The van der Waals surface area contributed by atoms with Gasteiger partial charge in [-0.1, -0.05) is 5.16 Å². The van der Waals surface area contributed by atoms with Gasteiger partial charge < -0.3 is 5.21 Å². The smallest absolute Gasteiger partial charge is 0.0608 e. The third-order valence-corrected chi connectivity index (χ3v) is 0.909. The van der Waals surface area contributed by atoms with Crippen LogP contribution < -0.4 is 0 Å². The molecule has 0 amide bonds. The van der Waals surface area contributed by atoms with E-state index in [1.807, 2.05) is 6.42 Å². The van der Waals surface area contributed by atoms with E-state index >= 15 is 0 Å². The molecule has 1 saturated carbocycles. The molecule has 33 valence electrons. The minimum absolute atomic E-state index is 0.829.